The Morgan fingerprint density at radius 3 is 2.75 bits per heavy atom. The topological polar surface area (TPSA) is 61.4 Å². The summed E-state index contributed by atoms with van der Waals surface area (Å²) in [6, 6.07) is -0.104. The first-order valence-corrected chi connectivity index (χ1v) is 5.90. The van der Waals surface area contributed by atoms with Gasteiger partial charge in [-0.05, 0) is 26.3 Å². The maximum atomic E-state index is 11.9. The van der Waals surface area contributed by atoms with Crippen LogP contribution in [0.2, 0.25) is 0 Å². The Bertz CT molecular complexity index is 250. The minimum atomic E-state index is -0.104. The first-order valence-electron chi connectivity index (χ1n) is 5.90. The molecule has 1 saturated heterocycles. The molecule has 0 bridgehead atoms. The Morgan fingerprint density at radius 2 is 2.19 bits per heavy atom. The number of likely N-dealkylation sites (N-methyl/N-ethyl adjacent to an activating group) is 2. The molecule has 5 heteroatoms. The van der Waals surface area contributed by atoms with Crippen LogP contribution >= 0.6 is 0 Å². The summed E-state index contributed by atoms with van der Waals surface area (Å²) in [5.41, 5.74) is 0. The fourth-order valence-corrected chi connectivity index (χ4v) is 1.88. The van der Waals surface area contributed by atoms with Gasteiger partial charge < -0.3 is 15.5 Å². The van der Waals surface area contributed by atoms with Crippen molar-refractivity contribution in [1.82, 2.24) is 15.5 Å². The van der Waals surface area contributed by atoms with Crippen LogP contribution in [0, 0.1) is 0 Å². The van der Waals surface area contributed by atoms with Crippen LogP contribution in [-0.4, -0.2) is 49.4 Å². The number of nitrogens with zero attached hydrogens (tertiary/aromatic N) is 1. The average molecular weight is 227 g/mol. The van der Waals surface area contributed by atoms with Crippen LogP contribution in [0.25, 0.3) is 0 Å². The lowest BCUT2D eigenvalue weighted by Crippen LogP contribution is -2.49. The van der Waals surface area contributed by atoms with Crippen molar-refractivity contribution in [3.8, 4) is 0 Å². The summed E-state index contributed by atoms with van der Waals surface area (Å²) in [6.45, 7) is 3.50. The van der Waals surface area contributed by atoms with Crippen LogP contribution < -0.4 is 10.6 Å². The van der Waals surface area contributed by atoms with Crippen molar-refractivity contribution in [3.05, 3.63) is 0 Å². The second-order valence-corrected chi connectivity index (χ2v) is 4.15. The molecule has 1 aliphatic heterocycles. The van der Waals surface area contributed by atoms with Gasteiger partial charge in [-0.2, -0.15) is 0 Å². The number of rotatable bonds is 4. The number of carbonyl (C=O) groups is 2. The maximum absolute atomic E-state index is 11.9. The zero-order valence-electron chi connectivity index (χ0n) is 10.1. The fraction of sp³-hybridized carbons (Fsp3) is 0.818. The summed E-state index contributed by atoms with van der Waals surface area (Å²) in [5, 5.41) is 5.86. The van der Waals surface area contributed by atoms with Gasteiger partial charge in [0.25, 0.3) is 0 Å². The zero-order chi connectivity index (χ0) is 12.0. The maximum Gasteiger partial charge on any atom is 0.239 e. The minimum absolute atomic E-state index is 0.0194. The average Bonchev–Trinajstić information content (AvgIpc) is 2.29. The first-order chi connectivity index (χ1) is 7.65. The van der Waals surface area contributed by atoms with Crippen molar-refractivity contribution >= 4 is 11.8 Å². The van der Waals surface area contributed by atoms with E-state index in [4.69, 9.17) is 0 Å². The number of carbonyl (C=O) groups excluding carboxylic acids is 2. The molecule has 5 nitrogen and oxygen atoms in total. The van der Waals surface area contributed by atoms with Crippen molar-refractivity contribution in [1.29, 1.82) is 0 Å². The second-order valence-electron chi connectivity index (χ2n) is 4.15. The van der Waals surface area contributed by atoms with Crippen LogP contribution in [0.4, 0.5) is 0 Å². The number of hydrogen-bond acceptors (Lipinski definition) is 3. The van der Waals surface area contributed by atoms with E-state index in [1.165, 1.54) is 4.90 Å². The summed E-state index contributed by atoms with van der Waals surface area (Å²) < 4.78 is 0. The Labute approximate surface area is 96.6 Å². The molecule has 2 N–H and O–H groups in total. The van der Waals surface area contributed by atoms with Crippen LogP contribution in [0.3, 0.4) is 0 Å². The van der Waals surface area contributed by atoms with Gasteiger partial charge in [0.05, 0.1) is 12.6 Å². The first kappa shape index (κ1) is 13.0. The highest BCUT2D eigenvalue weighted by Crippen LogP contribution is 2.08. The standard InChI is InChI=1S/C11H21N3O2/c1-3-12-10(15)8-14(2)11(16)9-6-4-5-7-13-9/h9,13H,3-8H2,1-2H3,(H,12,15)/t9-/m0/s1. The quantitative estimate of drug-likeness (QED) is 0.694. The van der Waals surface area contributed by atoms with E-state index in [0.717, 1.165) is 25.8 Å². The van der Waals surface area contributed by atoms with Crippen LogP contribution in [-0.2, 0) is 9.59 Å². The molecule has 1 rings (SSSR count). The van der Waals surface area contributed by atoms with E-state index in [2.05, 4.69) is 10.6 Å². The number of amides is 2. The van der Waals surface area contributed by atoms with E-state index in [-0.39, 0.29) is 24.4 Å². The molecule has 0 spiro atoms. The molecule has 2 amide bonds. The molecule has 0 aromatic carbocycles. The Hall–Kier alpha value is -1.10. The van der Waals surface area contributed by atoms with Gasteiger partial charge >= 0.3 is 0 Å². The molecule has 0 radical (unpaired) electrons. The van der Waals surface area contributed by atoms with Crippen molar-refractivity contribution in [3.63, 3.8) is 0 Å². The van der Waals surface area contributed by atoms with Gasteiger partial charge in [-0.15, -0.1) is 0 Å². The lowest BCUT2D eigenvalue weighted by molar-refractivity contribution is -0.136. The highest BCUT2D eigenvalue weighted by Gasteiger charge is 2.24. The van der Waals surface area contributed by atoms with Gasteiger partial charge in [0, 0.05) is 13.6 Å². The smallest absolute Gasteiger partial charge is 0.239 e. The van der Waals surface area contributed by atoms with E-state index in [1.54, 1.807) is 7.05 Å². The summed E-state index contributed by atoms with van der Waals surface area (Å²) in [7, 11) is 1.67. The summed E-state index contributed by atoms with van der Waals surface area (Å²) in [6.07, 6.45) is 3.08. The number of hydrogen-bond donors (Lipinski definition) is 2. The molecule has 1 fully saturated rings. The zero-order valence-corrected chi connectivity index (χ0v) is 10.1. The molecular formula is C11H21N3O2. The molecule has 0 aromatic heterocycles. The van der Waals surface area contributed by atoms with Gasteiger partial charge in [-0.1, -0.05) is 6.42 Å². The SMILES string of the molecule is CCNC(=O)CN(C)C(=O)[C@@H]1CCCCN1. The van der Waals surface area contributed by atoms with Gasteiger partial charge in [0.2, 0.25) is 11.8 Å². The third-order valence-electron chi connectivity index (χ3n) is 2.74. The van der Waals surface area contributed by atoms with Crippen LogP contribution in [0.15, 0.2) is 0 Å². The molecule has 16 heavy (non-hydrogen) atoms. The molecule has 0 aromatic rings. The van der Waals surface area contributed by atoms with Crippen molar-refractivity contribution in [2.75, 3.05) is 26.7 Å². The van der Waals surface area contributed by atoms with E-state index >= 15 is 0 Å². The lowest BCUT2D eigenvalue weighted by atomic mass is 10.0. The molecule has 0 aliphatic carbocycles. The van der Waals surface area contributed by atoms with Gasteiger partial charge in [0.1, 0.15) is 0 Å². The lowest BCUT2D eigenvalue weighted by Gasteiger charge is -2.27. The van der Waals surface area contributed by atoms with Crippen LogP contribution in [0.5, 0.6) is 0 Å². The molecule has 1 atom stereocenters. The Morgan fingerprint density at radius 1 is 1.44 bits per heavy atom. The minimum Gasteiger partial charge on any atom is -0.355 e. The van der Waals surface area contributed by atoms with E-state index in [1.807, 2.05) is 6.92 Å². The molecule has 92 valence electrons. The molecule has 0 unspecified atom stereocenters. The van der Waals surface area contributed by atoms with Crippen molar-refractivity contribution in [2.24, 2.45) is 0 Å². The van der Waals surface area contributed by atoms with E-state index in [9.17, 15) is 9.59 Å². The second kappa shape index (κ2) is 6.48. The molecule has 1 heterocycles. The molecule has 0 saturated carbocycles. The Kier molecular flexibility index (Phi) is 5.25. The largest absolute Gasteiger partial charge is 0.355 e. The normalized spacial score (nSPS) is 20.2. The van der Waals surface area contributed by atoms with Crippen LogP contribution in [0.1, 0.15) is 26.2 Å². The molecule has 1 aliphatic rings. The summed E-state index contributed by atoms with van der Waals surface area (Å²) in [4.78, 5) is 24.7. The Balaban J connectivity index is 2.37. The van der Waals surface area contributed by atoms with Gasteiger partial charge in [-0.25, -0.2) is 0 Å². The van der Waals surface area contributed by atoms with Gasteiger partial charge in [0.15, 0.2) is 0 Å². The van der Waals surface area contributed by atoms with Crippen molar-refractivity contribution < 1.29 is 9.59 Å². The summed E-state index contributed by atoms with van der Waals surface area (Å²) in [5.74, 6) is -0.0832. The fourth-order valence-electron chi connectivity index (χ4n) is 1.88. The predicted molar refractivity (Wildman–Crippen MR) is 62.0 cm³/mol. The third kappa shape index (κ3) is 3.81. The monoisotopic (exact) mass is 227 g/mol. The number of nitrogens with one attached hydrogen (secondary N) is 2. The van der Waals surface area contributed by atoms with E-state index < -0.39 is 0 Å². The predicted octanol–water partition coefficient (Wildman–Crippen LogP) is -0.277. The highest BCUT2D eigenvalue weighted by molar-refractivity contribution is 5.87. The highest BCUT2D eigenvalue weighted by atomic mass is 16.2. The van der Waals surface area contributed by atoms with Crippen molar-refractivity contribution in [2.45, 2.75) is 32.2 Å². The molecular weight excluding hydrogens is 206 g/mol. The number of piperidine rings is 1. The third-order valence-corrected chi connectivity index (χ3v) is 2.74. The van der Waals surface area contributed by atoms with E-state index in [0.29, 0.717) is 6.54 Å². The summed E-state index contributed by atoms with van der Waals surface area (Å²) >= 11 is 0. The van der Waals surface area contributed by atoms with Gasteiger partial charge in [-0.3, -0.25) is 9.59 Å².